The number of aliphatic carboxylic acids is 1. The highest BCUT2D eigenvalue weighted by Gasteiger charge is 2.33. The number of hydrogen-bond acceptors (Lipinski definition) is 4. The van der Waals surface area contributed by atoms with E-state index >= 15 is 0 Å². The summed E-state index contributed by atoms with van der Waals surface area (Å²) in [5.74, 6) is 0.641. The van der Waals surface area contributed by atoms with E-state index in [-0.39, 0.29) is 12.0 Å². The molecule has 2 aliphatic rings. The van der Waals surface area contributed by atoms with Gasteiger partial charge in [0.15, 0.2) is 0 Å². The lowest BCUT2D eigenvalue weighted by atomic mass is 9.85. The Kier molecular flexibility index (Phi) is 6.77. The molecule has 0 atom stereocenters. The third-order valence-electron chi connectivity index (χ3n) is 6.19. The van der Waals surface area contributed by atoms with Gasteiger partial charge < -0.3 is 14.6 Å². The molecular weight excluding hydrogens is 426 g/mol. The number of allylic oxidation sites excluding steroid dienone is 1. The standard InChI is InChI=1S/C26H30ClNO4/c1-16(2)32-25-10-18(4-9-24(25)27)15-31-22-7-8-23-17(3)20(6-5-19(23)11-22)12-28-13-21(14-28)26(29)30/h4,7-11,16,21H,5-6,12-15H2,1-3H3,(H,29,30). The monoisotopic (exact) mass is 455 g/mol. The van der Waals surface area contributed by atoms with E-state index in [4.69, 9.17) is 26.2 Å². The Balaban J connectivity index is 1.40. The summed E-state index contributed by atoms with van der Waals surface area (Å²) in [5, 5.41) is 9.68. The third kappa shape index (κ3) is 5.11. The van der Waals surface area contributed by atoms with Gasteiger partial charge in [-0.05, 0) is 80.1 Å². The molecule has 0 aromatic heterocycles. The molecule has 1 heterocycles. The summed E-state index contributed by atoms with van der Waals surface area (Å²) < 4.78 is 11.8. The van der Waals surface area contributed by atoms with E-state index in [1.807, 2.05) is 38.1 Å². The summed E-state index contributed by atoms with van der Waals surface area (Å²) in [6.07, 6.45) is 2.04. The second kappa shape index (κ2) is 9.55. The fraction of sp³-hybridized carbons (Fsp3) is 0.423. The fourth-order valence-electron chi connectivity index (χ4n) is 4.37. The Morgan fingerprint density at radius 3 is 2.69 bits per heavy atom. The van der Waals surface area contributed by atoms with Crippen LogP contribution in [-0.2, 0) is 17.8 Å². The van der Waals surface area contributed by atoms with Crippen LogP contribution < -0.4 is 9.47 Å². The second-order valence-electron chi connectivity index (χ2n) is 9.00. The Morgan fingerprint density at radius 2 is 1.97 bits per heavy atom. The average Bonchev–Trinajstić information content (AvgIpc) is 2.71. The number of benzene rings is 2. The predicted molar refractivity (Wildman–Crippen MR) is 126 cm³/mol. The van der Waals surface area contributed by atoms with Gasteiger partial charge in [-0.3, -0.25) is 9.69 Å². The zero-order valence-corrected chi connectivity index (χ0v) is 19.6. The van der Waals surface area contributed by atoms with Crippen molar-refractivity contribution in [1.82, 2.24) is 4.90 Å². The topological polar surface area (TPSA) is 59.0 Å². The van der Waals surface area contributed by atoms with Crippen LogP contribution in [0.3, 0.4) is 0 Å². The van der Waals surface area contributed by atoms with Crippen LogP contribution in [0.1, 0.15) is 43.9 Å². The minimum atomic E-state index is -0.684. The Labute approximate surface area is 194 Å². The lowest BCUT2D eigenvalue weighted by molar-refractivity contribution is -0.147. The molecule has 0 radical (unpaired) electrons. The summed E-state index contributed by atoms with van der Waals surface area (Å²) in [5.41, 5.74) is 6.30. The van der Waals surface area contributed by atoms with Crippen molar-refractivity contribution in [3.8, 4) is 11.5 Å². The highest BCUT2D eigenvalue weighted by atomic mass is 35.5. The van der Waals surface area contributed by atoms with Crippen LogP contribution in [-0.4, -0.2) is 41.7 Å². The first-order valence-electron chi connectivity index (χ1n) is 11.1. The minimum absolute atomic E-state index is 0.0604. The largest absolute Gasteiger partial charge is 0.489 e. The Hall–Kier alpha value is -2.50. The number of carboxylic acids is 1. The first kappa shape index (κ1) is 22.7. The van der Waals surface area contributed by atoms with Gasteiger partial charge in [0.2, 0.25) is 0 Å². The zero-order valence-electron chi connectivity index (χ0n) is 18.9. The van der Waals surface area contributed by atoms with E-state index in [1.54, 1.807) is 0 Å². The number of fused-ring (bicyclic) bond motifs is 1. The smallest absolute Gasteiger partial charge is 0.309 e. The molecule has 1 aliphatic carbocycles. The lowest BCUT2D eigenvalue weighted by Crippen LogP contribution is -2.50. The first-order valence-corrected chi connectivity index (χ1v) is 11.5. The number of halogens is 1. The molecule has 0 unspecified atom stereocenters. The van der Waals surface area contributed by atoms with Crippen molar-refractivity contribution in [2.45, 2.75) is 46.3 Å². The quantitative estimate of drug-likeness (QED) is 0.574. The molecule has 0 spiro atoms. The summed E-state index contributed by atoms with van der Waals surface area (Å²) in [6, 6.07) is 12.0. The molecule has 2 aromatic rings. The second-order valence-corrected chi connectivity index (χ2v) is 9.40. The van der Waals surface area contributed by atoms with Gasteiger partial charge >= 0.3 is 5.97 Å². The molecule has 1 N–H and O–H groups in total. The van der Waals surface area contributed by atoms with Crippen LogP contribution in [0.15, 0.2) is 42.0 Å². The van der Waals surface area contributed by atoms with Gasteiger partial charge in [0.05, 0.1) is 17.0 Å². The molecule has 0 saturated carbocycles. The van der Waals surface area contributed by atoms with Gasteiger partial charge in [-0.25, -0.2) is 0 Å². The van der Waals surface area contributed by atoms with Crippen LogP contribution in [0.4, 0.5) is 0 Å². The zero-order chi connectivity index (χ0) is 22.8. The van der Waals surface area contributed by atoms with Crippen LogP contribution in [0.2, 0.25) is 5.02 Å². The maximum atomic E-state index is 11.0. The van der Waals surface area contributed by atoms with Gasteiger partial charge in [0.25, 0.3) is 0 Å². The molecule has 0 bridgehead atoms. The number of ether oxygens (including phenoxy) is 2. The molecule has 1 saturated heterocycles. The van der Waals surface area contributed by atoms with Crippen molar-refractivity contribution in [2.24, 2.45) is 5.92 Å². The SMILES string of the molecule is CC1=C(CN2CC(C(=O)O)C2)CCc2cc(OCc3ccc(Cl)c(OC(C)C)c3)ccc21. The van der Waals surface area contributed by atoms with E-state index in [2.05, 4.69) is 24.0 Å². The summed E-state index contributed by atoms with van der Waals surface area (Å²) >= 11 is 6.23. The number of aryl methyl sites for hydroxylation is 1. The third-order valence-corrected chi connectivity index (χ3v) is 6.50. The first-order chi connectivity index (χ1) is 15.3. The number of hydrogen-bond donors (Lipinski definition) is 1. The van der Waals surface area contributed by atoms with Crippen LogP contribution in [0, 0.1) is 5.92 Å². The fourth-order valence-corrected chi connectivity index (χ4v) is 4.53. The van der Waals surface area contributed by atoms with Gasteiger partial charge in [0, 0.05) is 19.6 Å². The number of likely N-dealkylation sites (tertiary alicyclic amines) is 1. The molecular formula is C26H30ClNO4. The van der Waals surface area contributed by atoms with E-state index in [1.165, 1.54) is 22.3 Å². The number of carbonyl (C=O) groups is 1. The highest BCUT2D eigenvalue weighted by molar-refractivity contribution is 6.32. The van der Waals surface area contributed by atoms with Crippen molar-refractivity contribution in [3.05, 3.63) is 63.7 Å². The molecule has 4 rings (SSSR count). The van der Waals surface area contributed by atoms with Crippen molar-refractivity contribution in [3.63, 3.8) is 0 Å². The van der Waals surface area contributed by atoms with Crippen molar-refractivity contribution in [1.29, 1.82) is 0 Å². The molecule has 170 valence electrons. The molecule has 32 heavy (non-hydrogen) atoms. The van der Waals surface area contributed by atoms with Gasteiger partial charge in [-0.2, -0.15) is 0 Å². The maximum Gasteiger partial charge on any atom is 0.309 e. The normalized spacial score (nSPS) is 16.7. The average molecular weight is 456 g/mol. The van der Waals surface area contributed by atoms with Gasteiger partial charge in [-0.1, -0.05) is 29.3 Å². The summed E-state index contributed by atoms with van der Waals surface area (Å²) in [4.78, 5) is 13.3. The van der Waals surface area contributed by atoms with Crippen molar-refractivity contribution >= 4 is 23.1 Å². The predicted octanol–water partition coefficient (Wildman–Crippen LogP) is 5.44. The lowest BCUT2D eigenvalue weighted by Gasteiger charge is -2.38. The molecule has 1 fully saturated rings. The van der Waals surface area contributed by atoms with Gasteiger partial charge in [0.1, 0.15) is 18.1 Å². The molecule has 5 nitrogen and oxygen atoms in total. The minimum Gasteiger partial charge on any atom is -0.489 e. The van der Waals surface area contributed by atoms with E-state index in [0.29, 0.717) is 30.5 Å². The van der Waals surface area contributed by atoms with E-state index in [0.717, 1.165) is 30.7 Å². The van der Waals surface area contributed by atoms with Crippen LogP contribution in [0.5, 0.6) is 11.5 Å². The number of rotatable bonds is 8. The maximum absolute atomic E-state index is 11.0. The summed E-state index contributed by atoms with van der Waals surface area (Å²) in [6.45, 7) is 8.75. The van der Waals surface area contributed by atoms with E-state index < -0.39 is 5.97 Å². The Morgan fingerprint density at radius 1 is 1.19 bits per heavy atom. The molecule has 1 aliphatic heterocycles. The van der Waals surface area contributed by atoms with Crippen molar-refractivity contribution in [2.75, 3.05) is 19.6 Å². The van der Waals surface area contributed by atoms with Crippen LogP contribution in [0.25, 0.3) is 5.57 Å². The number of carboxylic acid groups (broad SMARTS) is 1. The number of nitrogens with zero attached hydrogens (tertiary/aromatic N) is 1. The molecule has 6 heteroatoms. The van der Waals surface area contributed by atoms with Crippen molar-refractivity contribution < 1.29 is 19.4 Å². The van der Waals surface area contributed by atoms with Crippen LogP contribution >= 0.6 is 11.6 Å². The Bertz CT molecular complexity index is 1040. The molecule has 0 amide bonds. The highest BCUT2D eigenvalue weighted by Crippen LogP contribution is 2.35. The molecule has 2 aromatic carbocycles. The van der Waals surface area contributed by atoms with Gasteiger partial charge in [-0.15, -0.1) is 0 Å². The van der Waals surface area contributed by atoms with E-state index in [9.17, 15) is 4.79 Å². The summed E-state index contributed by atoms with van der Waals surface area (Å²) in [7, 11) is 0.